The number of hydrogen-bond acceptors (Lipinski definition) is 4. The van der Waals surface area contributed by atoms with E-state index in [1.807, 2.05) is 6.92 Å². The highest BCUT2D eigenvalue weighted by Crippen LogP contribution is 2.40. The van der Waals surface area contributed by atoms with Gasteiger partial charge in [0.2, 0.25) is 5.91 Å². The van der Waals surface area contributed by atoms with E-state index in [0.29, 0.717) is 38.2 Å². The average molecular weight is 357 g/mol. The number of rotatable bonds is 3. The van der Waals surface area contributed by atoms with E-state index in [-0.39, 0.29) is 17.5 Å². The summed E-state index contributed by atoms with van der Waals surface area (Å²) in [7, 11) is 0. The summed E-state index contributed by atoms with van der Waals surface area (Å²) in [6.45, 7) is 3.57. The van der Waals surface area contributed by atoms with Gasteiger partial charge in [-0.25, -0.2) is 0 Å². The maximum Gasteiger partial charge on any atom is 0.416 e. The second kappa shape index (κ2) is 6.20. The molecule has 0 radical (unpaired) electrons. The van der Waals surface area contributed by atoms with Crippen molar-refractivity contribution in [2.75, 3.05) is 31.1 Å². The quantitative estimate of drug-likeness (QED) is 0.616. The smallest absolute Gasteiger partial charge is 0.362 e. The number of alkyl halides is 3. The minimum Gasteiger partial charge on any atom is -0.362 e. The average Bonchev–Trinajstić information content (AvgIpc) is 3.29. The molecule has 0 aromatic heterocycles. The molecule has 0 unspecified atom stereocenters. The molecule has 2 atom stereocenters. The van der Waals surface area contributed by atoms with E-state index in [9.17, 15) is 28.1 Å². The van der Waals surface area contributed by atoms with Crippen molar-refractivity contribution in [1.82, 2.24) is 4.90 Å². The fourth-order valence-electron chi connectivity index (χ4n) is 3.18. The number of carbonyl (C=O) groups is 1. The van der Waals surface area contributed by atoms with Crippen LogP contribution in [0.25, 0.3) is 0 Å². The number of nitro groups is 1. The van der Waals surface area contributed by atoms with Gasteiger partial charge in [0, 0.05) is 38.2 Å². The molecule has 2 aliphatic rings. The molecule has 9 heteroatoms. The third kappa shape index (κ3) is 3.54. The minimum atomic E-state index is -4.63. The van der Waals surface area contributed by atoms with Crippen molar-refractivity contribution in [3.05, 3.63) is 33.9 Å². The van der Waals surface area contributed by atoms with Gasteiger partial charge in [-0.15, -0.1) is 0 Å². The molecule has 1 aliphatic heterocycles. The van der Waals surface area contributed by atoms with E-state index in [2.05, 4.69) is 0 Å². The first-order valence-electron chi connectivity index (χ1n) is 8.08. The van der Waals surface area contributed by atoms with Gasteiger partial charge in [-0.05, 0) is 24.5 Å². The molecule has 25 heavy (non-hydrogen) atoms. The standard InChI is InChI=1S/C16H18F3N3O3/c1-10-8-12(10)15(23)21-6-4-20(5-7-21)13-3-2-11(16(17,18)19)9-14(13)22(24)25/h2-3,9-10,12H,4-8H2,1H3/t10-,12+/m0/s1. The normalized spacial score (nSPS) is 23.5. The number of amides is 1. The van der Waals surface area contributed by atoms with Gasteiger partial charge in [0.1, 0.15) is 5.69 Å². The Kier molecular flexibility index (Phi) is 4.34. The molecule has 1 aromatic carbocycles. The first-order valence-corrected chi connectivity index (χ1v) is 8.08. The number of anilines is 1. The Labute approximate surface area is 142 Å². The molecule has 1 heterocycles. The Balaban J connectivity index is 1.74. The largest absolute Gasteiger partial charge is 0.416 e. The molecule has 1 aliphatic carbocycles. The van der Waals surface area contributed by atoms with Crippen molar-refractivity contribution in [3.63, 3.8) is 0 Å². The highest BCUT2D eigenvalue weighted by Gasteiger charge is 2.42. The van der Waals surface area contributed by atoms with E-state index in [4.69, 9.17) is 0 Å². The fourth-order valence-corrected chi connectivity index (χ4v) is 3.18. The third-order valence-electron chi connectivity index (χ3n) is 4.86. The number of halogens is 3. The molecule has 0 N–H and O–H groups in total. The van der Waals surface area contributed by atoms with Crippen molar-refractivity contribution in [3.8, 4) is 0 Å². The van der Waals surface area contributed by atoms with Crippen LogP contribution >= 0.6 is 0 Å². The predicted octanol–water partition coefficient (Wildman–Crippen LogP) is 2.92. The maximum absolute atomic E-state index is 12.8. The summed E-state index contributed by atoms with van der Waals surface area (Å²) in [6.07, 6.45) is -3.74. The molecule has 1 aromatic rings. The zero-order chi connectivity index (χ0) is 18.4. The molecule has 1 saturated carbocycles. The number of hydrogen-bond donors (Lipinski definition) is 0. The second-order valence-corrected chi connectivity index (χ2v) is 6.59. The van der Waals surface area contributed by atoms with Gasteiger partial charge in [-0.2, -0.15) is 13.2 Å². The SMILES string of the molecule is C[C@H]1C[C@H]1C(=O)N1CCN(c2ccc(C(F)(F)F)cc2[N+](=O)[O-])CC1. The topological polar surface area (TPSA) is 66.7 Å². The lowest BCUT2D eigenvalue weighted by Gasteiger charge is -2.36. The zero-order valence-corrected chi connectivity index (χ0v) is 13.6. The summed E-state index contributed by atoms with van der Waals surface area (Å²) in [5.74, 6) is 0.586. The van der Waals surface area contributed by atoms with Crippen LogP contribution in [0.3, 0.4) is 0 Å². The summed E-state index contributed by atoms with van der Waals surface area (Å²) < 4.78 is 38.3. The molecule has 0 spiro atoms. The highest BCUT2D eigenvalue weighted by molar-refractivity contribution is 5.82. The number of benzene rings is 1. The summed E-state index contributed by atoms with van der Waals surface area (Å²) in [5.41, 5.74) is -1.45. The molecule has 136 valence electrons. The molecular formula is C16H18F3N3O3. The van der Waals surface area contributed by atoms with E-state index in [1.54, 1.807) is 9.80 Å². The fraction of sp³-hybridized carbons (Fsp3) is 0.562. The zero-order valence-electron chi connectivity index (χ0n) is 13.6. The molecule has 0 bridgehead atoms. The van der Waals surface area contributed by atoms with Crippen molar-refractivity contribution in [2.24, 2.45) is 11.8 Å². The lowest BCUT2D eigenvalue weighted by Crippen LogP contribution is -2.49. The number of piperazine rings is 1. The van der Waals surface area contributed by atoms with Gasteiger partial charge in [0.25, 0.3) is 5.69 Å². The monoisotopic (exact) mass is 357 g/mol. The van der Waals surface area contributed by atoms with Crippen LogP contribution in [0.5, 0.6) is 0 Å². The van der Waals surface area contributed by atoms with Crippen molar-refractivity contribution < 1.29 is 22.9 Å². The van der Waals surface area contributed by atoms with E-state index in [0.717, 1.165) is 18.6 Å². The first-order chi connectivity index (χ1) is 11.7. The Bertz CT molecular complexity index is 700. The summed E-state index contributed by atoms with van der Waals surface area (Å²) >= 11 is 0. The van der Waals surface area contributed by atoms with Crippen LogP contribution in [0, 0.1) is 22.0 Å². The predicted molar refractivity (Wildman–Crippen MR) is 84.2 cm³/mol. The first kappa shape index (κ1) is 17.5. The van der Waals surface area contributed by atoms with E-state index < -0.39 is 22.4 Å². The van der Waals surface area contributed by atoms with Crippen LogP contribution in [0.2, 0.25) is 0 Å². The van der Waals surface area contributed by atoms with E-state index >= 15 is 0 Å². The van der Waals surface area contributed by atoms with Gasteiger partial charge in [0.15, 0.2) is 0 Å². The number of nitrogens with zero attached hydrogens (tertiary/aromatic N) is 3. The van der Waals surface area contributed by atoms with Gasteiger partial charge < -0.3 is 9.80 Å². The molecular weight excluding hydrogens is 339 g/mol. The summed E-state index contributed by atoms with van der Waals surface area (Å²) in [5, 5.41) is 11.2. The van der Waals surface area contributed by atoms with Gasteiger partial charge in [-0.1, -0.05) is 6.92 Å². The lowest BCUT2D eigenvalue weighted by molar-refractivity contribution is -0.384. The highest BCUT2D eigenvalue weighted by atomic mass is 19.4. The second-order valence-electron chi connectivity index (χ2n) is 6.59. The third-order valence-corrected chi connectivity index (χ3v) is 4.86. The van der Waals surface area contributed by atoms with Crippen molar-refractivity contribution >= 4 is 17.3 Å². The van der Waals surface area contributed by atoms with Gasteiger partial charge >= 0.3 is 6.18 Å². The molecule has 6 nitrogen and oxygen atoms in total. The van der Waals surface area contributed by atoms with Crippen LogP contribution in [-0.4, -0.2) is 41.9 Å². The molecule has 1 saturated heterocycles. The minimum absolute atomic E-state index is 0.0759. The van der Waals surface area contributed by atoms with Crippen LogP contribution in [0.4, 0.5) is 24.5 Å². The molecule has 1 amide bonds. The number of carbonyl (C=O) groups excluding carboxylic acids is 1. The van der Waals surface area contributed by atoms with Crippen molar-refractivity contribution in [2.45, 2.75) is 19.5 Å². The number of nitro benzene ring substituents is 1. The Morgan fingerprint density at radius 1 is 1.24 bits per heavy atom. The van der Waals surface area contributed by atoms with Gasteiger partial charge in [-0.3, -0.25) is 14.9 Å². The Morgan fingerprint density at radius 3 is 2.32 bits per heavy atom. The van der Waals surface area contributed by atoms with Crippen LogP contribution in [0.1, 0.15) is 18.9 Å². The molecule has 3 rings (SSSR count). The van der Waals surface area contributed by atoms with Crippen LogP contribution in [0.15, 0.2) is 18.2 Å². The van der Waals surface area contributed by atoms with Crippen LogP contribution in [-0.2, 0) is 11.0 Å². The van der Waals surface area contributed by atoms with E-state index in [1.165, 1.54) is 0 Å². The molecule has 2 fully saturated rings. The Hall–Kier alpha value is -2.32. The van der Waals surface area contributed by atoms with Crippen molar-refractivity contribution in [1.29, 1.82) is 0 Å². The summed E-state index contributed by atoms with van der Waals surface area (Å²) in [4.78, 5) is 26.0. The summed E-state index contributed by atoms with van der Waals surface area (Å²) in [6, 6.07) is 2.56. The van der Waals surface area contributed by atoms with Gasteiger partial charge in [0.05, 0.1) is 10.5 Å². The maximum atomic E-state index is 12.8. The Morgan fingerprint density at radius 2 is 1.84 bits per heavy atom. The lowest BCUT2D eigenvalue weighted by atomic mass is 10.1. The van der Waals surface area contributed by atoms with Crippen LogP contribution < -0.4 is 4.90 Å².